The number of hydrogen-bond acceptors (Lipinski definition) is 6. The topological polar surface area (TPSA) is 102 Å². The first-order valence-electron chi connectivity index (χ1n) is 11.8. The number of hydrogen-bond donors (Lipinski definition) is 2. The molecule has 0 aromatic heterocycles. The predicted octanol–water partition coefficient (Wildman–Crippen LogP) is 4.37. The predicted molar refractivity (Wildman–Crippen MR) is 130 cm³/mol. The minimum Gasteiger partial charge on any atom is -0.387 e. The molecule has 0 heterocycles. The number of ether oxygens (including phenoxy) is 2. The highest BCUT2D eigenvalue weighted by molar-refractivity contribution is 7.92. The second-order valence-corrected chi connectivity index (χ2v) is 12.1. The van der Waals surface area contributed by atoms with E-state index >= 15 is 0 Å². The molecule has 2 saturated carbocycles. The van der Waals surface area contributed by atoms with Gasteiger partial charge in [-0.25, -0.2) is 21.6 Å². The molecular formula is C25H27ClF3NO6S. The number of methoxy groups -OCH3 is 1. The first-order chi connectivity index (χ1) is 17.5. The van der Waals surface area contributed by atoms with Crippen molar-refractivity contribution in [2.45, 2.75) is 41.4 Å². The molecule has 2 aliphatic rings. The van der Waals surface area contributed by atoms with E-state index in [0.29, 0.717) is 38.2 Å². The second-order valence-electron chi connectivity index (χ2n) is 9.50. The summed E-state index contributed by atoms with van der Waals surface area (Å²) < 4.78 is 78.0. The molecule has 0 saturated heterocycles. The highest BCUT2D eigenvalue weighted by Gasteiger charge is 2.55. The summed E-state index contributed by atoms with van der Waals surface area (Å²) in [7, 11) is -2.45. The van der Waals surface area contributed by atoms with Crippen LogP contribution in [0.4, 0.5) is 18.9 Å². The van der Waals surface area contributed by atoms with E-state index in [4.69, 9.17) is 21.1 Å². The van der Waals surface area contributed by atoms with Gasteiger partial charge in [0, 0.05) is 30.5 Å². The molecule has 4 rings (SSSR count). The monoisotopic (exact) mass is 561 g/mol. The van der Waals surface area contributed by atoms with Gasteiger partial charge in [-0.3, -0.25) is 4.79 Å². The zero-order valence-corrected chi connectivity index (χ0v) is 21.5. The summed E-state index contributed by atoms with van der Waals surface area (Å²) in [6, 6.07) is 4.86. The molecule has 1 amide bonds. The average molecular weight is 562 g/mol. The van der Waals surface area contributed by atoms with Crippen molar-refractivity contribution in [3.05, 3.63) is 58.4 Å². The molecule has 0 aliphatic heterocycles. The van der Waals surface area contributed by atoms with E-state index in [1.165, 1.54) is 12.1 Å². The van der Waals surface area contributed by atoms with Gasteiger partial charge < -0.3 is 19.9 Å². The molecule has 202 valence electrons. The molecule has 2 bridgehead atoms. The van der Waals surface area contributed by atoms with Crippen LogP contribution < -0.4 is 5.32 Å². The van der Waals surface area contributed by atoms with Gasteiger partial charge >= 0.3 is 0 Å². The van der Waals surface area contributed by atoms with Crippen molar-refractivity contribution in [1.82, 2.24) is 0 Å². The van der Waals surface area contributed by atoms with E-state index in [9.17, 15) is 31.5 Å². The Hall–Kier alpha value is -2.18. The number of nitrogens with one attached hydrogen (secondary N) is 1. The van der Waals surface area contributed by atoms with Crippen LogP contribution in [0, 0.1) is 29.3 Å². The van der Waals surface area contributed by atoms with Crippen LogP contribution in [0.1, 0.15) is 36.0 Å². The Labute approximate surface area is 217 Å². The molecule has 4 atom stereocenters. The number of halogens is 4. The SMILES string of the molecule is COCCOCC1(O)C2CC[C@H]1CC(S(=O)(=O)c1cc(C(=O)Nc3cc(F)c(F)c(F)c3)ccc1Cl)C2. The van der Waals surface area contributed by atoms with Gasteiger partial charge in [0.15, 0.2) is 27.3 Å². The molecule has 12 heteroatoms. The van der Waals surface area contributed by atoms with Gasteiger partial charge in [0.05, 0.1) is 40.6 Å². The van der Waals surface area contributed by atoms with Crippen LogP contribution in [0.25, 0.3) is 0 Å². The zero-order chi connectivity index (χ0) is 27.0. The summed E-state index contributed by atoms with van der Waals surface area (Å²) >= 11 is 6.23. The van der Waals surface area contributed by atoms with Crippen molar-refractivity contribution in [3.63, 3.8) is 0 Å². The van der Waals surface area contributed by atoms with Crippen LogP contribution in [0.15, 0.2) is 35.2 Å². The van der Waals surface area contributed by atoms with Crippen molar-refractivity contribution in [1.29, 1.82) is 0 Å². The number of fused-ring (bicyclic) bond motifs is 2. The molecule has 0 spiro atoms. The highest BCUT2D eigenvalue weighted by Crippen LogP contribution is 2.52. The van der Waals surface area contributed by atoms with Crippen LogP contribution in [-0.4, -0.2) is 57.2 Å². The number of anilines is 1. The van der Waals surface area contributed by atoms with Crippen molar-refractivity contribution in [2.75, 3.05) is 32.2 Å². The number of amides is 1. The number of benzene rings is 2. The van der Waals surface area contributed by atoms with E-state index in [1.807, 2.05) is 0 Å². The summed E-state index contributed by atoms with van der Waals surface area (Å²) in [5, 5.41) is 12.6. The Bertz CT molecular complexity index is 1250. The Morgan fingerprint density at radius 2 is 1.73 bits per heavy atom. The van der Waals surface area contributed by atoms with Crippen LogP contribution >= 0.6 is 11.6 Å². The lowest BCUT2D eigenvalue weighted by Gasteiger charge is -2.42. The minimum absolute atomic E-state index is 0.0773. The van der Waals surface area contributed by atoms with Gasteiger partial charge in [-0.2, -0.15) is 0 Å². The van der Waals surface area contributed by atoms with Gasteiger partial charge in [-0.05, 0) is 55.7 Å². The lowest BCUT2D eigenvalue weighted by molar-refractivity contribution is -0.117. The maximum Gasteiger partial charge on any atom is 0.255 e. The standard InChI is InChI=1S/C25H27ClF3NO6S/c1-35-6-7-36-13-25(32)15-3-4-16(25)10-18(9-15)37(33,34)22-8-14(2-5-19(22)26)24(31)30-17-11-20(27)23(29)21(28)12-17/h2,5,8,11-12,15-16,18,32H,3-4,6-7,9-10,13H2,1H3,(H,30,31)/t15-,16?,18?,25?/m0/s1. The Balaban J connectivity index is 1.53. The molecule has 2 aliphatic carbocycles. The quantitative estimate of drug-likeness (QED) is 0.348. The van der Waals surface area contributed by atoms with Crippen LogP contribution in [-0.2, 0) is 19.3 Å². The summed E-state index contributed by atoms with van der Waals surface area (Å²) in [4.78, 5) is 12.4. The fraction of sp³-hybridized carbons (Fsp3) is 0.480. The molecule has 7 nitrogen and oxygen atoms in total. The highest BCUT2D eigenvalue weighted by atomic mass is 35.5. The summed E-state index contributed by atoms with van der Waals surface area (Å²) in [6.45, 7) is 0.803. The first-order valence-corrected chi connectivity index (χ1v) is 13.7. The molecule has 37 heavy (non-hydrogen) atoms. The van der Waals surface area contributed by atoms with Gasteiger partial charge in [-0.1, -0.05) is 11.6 Å². The van der Waals surface area contributed by atoms with Gasteiger partial charge in [-0.15, -0.1) is 0 Å². The van der Waals surface area contributed by atoms with E-state index in [1.54, 1.807) is 7.11 Å². The van der Waals surface area contributed by atoms with E-state index in [0.717, 1.165) is 6.07 Å². The molecule has 2 N–H and O–H groups in total. The third kappa shape index (κ3) is 5.51. The summed E-state index contributed by atoms with van der Waals surface area (Å²) in [6.07, 6.45) is 1.76. The van der Waals surface area contributed by atoms with E-state index < -0.39 is 44.0 Å². The van der Waals surface area contributed by atoms with Crippen molar-refractivity contribution >= 4 is 33.0 Å². The molecule has 3 unspecified atom stereocenters. The molecular weight excluding hydrogens is 535 g/mol. The van der Waals surface area contributed by atoms with Crippen molar-refractivity contribution < 1.29 is 41.0 Å². The largest absolute Gasteiger partial charge is 0.387 e. The average Bonchev–Trinajstić information content (AvgIpc) is 3.00. The summed E-state index contributed by atoms with van der Waals surface area (Å²) in [5.41, 5.74) is -1.57. The summed E-state index contributed by atoms with van der Waals surface area (Å²) in [5.74, 6) is -6.04. The maximum absolute atomic E-state index is 13.6. The zero-order valence-electron chi connectivity index (χ0n) is 20.0. The normalized spacial score (nSPS) is 25.3. The van der Waals surface area contributed by atoms with Crippen LogP contribution in [0.3, 0.4) is 0 Å². The third-order valence-corrected chi connectivity index (χ3v) is 9.97. The fourth-order valence-electron chi connectivity index (χ4n) is 5.35. The van der Waals surface area contributed by atoms with Gasteiger partial charge in [0.25, 0.3) is 5.91 Å². The van der Waals surface area contributed by atoms with Crippen LogP contribution in [0.5, 0.6) is 0 Å². The Kier molecular flexibility index (Phi) is 8.20. The lowest BCUT2D eigenvalue weighted by atomic mass is 9.75. The molecule has 2 aromatic carbocycles. The number of sulfone groups is 1. The number of carbonyl (C=O) groups excluding carboxylic acids is 1. The molecule has 2 fully saturated rings. The third-order valence-electron chi connectivity index (χ3n) is 7.32. The van der Waals surface area contributed by atoms with Gasteiger partial charge in [0.1, 0.15) is 0 Å². The van der Waals surface area contributed by atoms with E-state index in [-0.39, 0.29) is 52.5 Å². The second kappa shape index (κ2) is 10.9. The van der Waals surface area contributed by atoms with E-state index in [2.05, 4.69) is 5.32 Å². The van der Waals surface area contributed by atoms with Crippen molar-refractivity contribution in [3.8, 4) is 0 Å². The number of rotatable bonds is 9. The van der Waals surface area contributed by atoms with Crippen LogP contribution in [0.2, 0.25) is 5.02 Å². The first kappa shape index (κ1) is 27.8. The smallest absolute Gasteiger partial charge is 0.255 e. The maximum atomic E-state index is 13.6. The molecule has 2 aromatic rings. The minimum atomic E-state index is -4.00. The Morgan fingerprint density at radius 1 is 1.11 bits per heavy atom. The number of carbonyl (C=O) groups is 1. The van der Waals surface area contributed by atoms with Gasteiger partial charge in [0.2, 0.25) is 0 Å². The molecule has 0 radical (unpaired) electrons. The fourth-order valence-corrected chi connectivity index (χ4v) is 7.75. The lowest BCUT2D eigenvalue weighted by Crippen LogP contribution is -2.51. The van der Waals surface area contributed by atoms with Crippen molar-refractivity contribution in [2.24, 2.45) is 11.8 Å². The Morgan fingerprint density at radius 3 is 2.32 bits per heavy atom. The number of aliphatic hydroxyl groups is 1.